The normalized spacial score (nSPS) is 11.0. The van der Waals surface area contributed by atoms with Crippen molar-refractivity contribution in [2.45, 2.75) is 11.8 Å². The molecular weight excluding hydrogens is 334 g/mol. The Labute approximate surface area is 139 Å². The number of aryl methyl sites for hydroxylation is 1. The number of carboxylic acid groups (broad SMARTS) is 1. The zero-order valence-electron chi connectivity index (χ0n) is 13.4. The smallest absolute Gasteiger partial charge is 0.335 e. The molecule has 2 rings (SSSR count). The molecule has 0 saturated carbocycles. The summed E-state index contributed by atoms with van der Waals surface area (Å²) < 4.78 is 37.8. The molecule has 0 spiro atoms. The third-order valence-corrected chi connectivity index (χ3v) is 4.73. The maximum atomic E-state index is 12.5. The van der Waals surface area contributed by atoms with Crippen LogP contribution in [0.25, 0.3) is 0 Å². The lowest BCUT2D eigenvalue weighted by atomic mass is 10.2. The number of rotatable bonds is 6. The molecule has 128 valence electrons. The van der Waals surface area contributed by atoms with Crippen LogP contribution in [-0.4, -0.2) is 33.7 Å². The molecular formula is C16H17NO6S. The second kappa shape index (κ2) is 6.79. The molecule has 0 bridgehead atoms. The summed E-state index contributed by atoms with van der Waals surface area (Å²) in [5, 5.41) is 8.99. The molecule has 0 amide bonds. The molecule has 2 N–H and O–H groups in total. The first-order valence-electron chi connectivity index (χ1n) is 6.87. The number of hydrogen-bond donors (Lipinski definition) is 2. The van der Waals surface area contributed by atoms with Crippen LogP contribution in [0.4, 0.5) is 5.69 Å². The van der Waals surface area contributed by atoms with Crippen molar-refractivity contribution in [1.82, 2.24) is 0 Å². The molecule has 0 aliphatic heterocycles. The van der Waals surface area contributed by atoms with Crippen molar-refractivity contribution in [3.8, 4) is 11.5 Å². The number of hydrogen-bond acceptors (Lipinski definition) is 5. The maximum Gasteiger partial charge on any atom is 0.335 e. The Morgan fingerprint density at radius 3 is 2.29 bits per heavy atom. The Balaban J connectivity index is 2.43. The van der Waals surface area contributed by atoms with Gasteiger partial charge >= 0.3 is 5.97 Å². The number of sulfonamides is 1. The standard InChI is InChI=1S/C16H17NO6S/c1-10-7-14(22-2)15(23-3)9-13(10)17-24(20,21)12-6-4-5-11(8-12)16(18)19/h4-9,17H,1-3H3,(H,18,19). The number of carbonyl (C=O) groups is 1. The highest BCUT2D eigenvalue weighted by Gasteiger charge is 2.18. The van der Waals surface area contributed by atoms with Gasteiger partial charge in [-0.25, -0.2) is 13.2 Å². The number of benzene rings is 2. The van der Waals surface area contributed by atoms with E-state index >= 15 is 0 Å². The van der Waals surface area contributed by atoms with Gasteiger partial charge in [-0.2, -0.15) is 0 Å². The van der Waals surface area contributed by atoms with E-state index in [9.17, 15) is 13.2 Å². The fraction of sp³-hybridized carbons (Fsp3) is 0.188. The minimum Gasteiger partial charge on any atom is -0.493 e. The van der Waals surface area contributed by atoms with Crippen LogP contribution in [0.5, 0.6) is 11.5 Å². The first-order valence-corrected chi connectivity index (χ1v) is 8.35. The predicted octanol–water partition coefficient (Wildman–Crippen LogP) is 2.51. The van der Waals surface area contributed by atoms with Crippen LogP contribution in [0.15, 0.2) is 41.3 Å². The number of aromatic carboxylic acids is 1. The minimum atomic E-state index is -3.95. The third kappa shape index (κ3) is 3.60. The Kier molecular flexibility index (Phi) is 4.99. The second-order valence-electron chi connectivity index (χ2n) is 4.96. The van der Waals surface area contributed by atoms with Gasteiger partial charge < -0.3 is 14.6 Å². The molecule has 0 atom stereocenters. The van der Waals surface area contributed by atoms with Crippen LogP contribution in [0, 0.1) is 6.92 Å². The fourth-order valence-corrected chi connectivity index (χ4v) is 3.26. The zero-order valence-corrected chi connectivity index (χ0v) is 14.2. The Hall–Kier alpha value is -2.74. The number of anilines is 1. The Morgan fingerprint density at radius 1 is 1.08 bits per heavy atom. The van der Waals surface area contributed by atoms with Crippen molar-refractivity contribution in [3.63, 3.8) is 0 Å². The summed E-state index contributed by atoms with van der Waals surface area (Å²) in [7, 11) is -1.02. The van der Waals surface area contributed by atoms with Gasteiger partial charge in [-0.3, -0.25) is 4.72 Å². The fourth-order valence-electron chi connectivity index (χ4n) is 2.09. The van der Waals surface area contributed by atoms with Crippen LogP contribution < -0.4 is 14.2 Å². The van der Waals surface area contributed by atoms with E-state index in [0.717, 1.165) is 6.07 Å². The van der Waals surface area contributed by atoms with Gasteiger partial charge in [0.05, 0.1) is 30.4 Å². The number of ether oxygens (including phenoxy) is 2. The molecule has 7 nitrogen and oxygen atoms in total. The van der Waals surface area contributed by atoms with Crippen molar-refractivity contribution in [2.24, 2.45) is 0 Å². The molecule has 0 aromatic heterocycles. The highest BCUT2D eigenvalue weighted by molar-refractivity contribution is 7.92. The first kappa shape index (κ1) is 17.6. The van der Waals surface area contributed by atoms with Gasteiger partial charge in [-0.15, -0.1) is 0 Å². The predicted molar refractivity (Wildman–Crippen MR) is 88.5 cm³/mol. The van der Waals surface area contributed by atoms with Crippen molar-refractivity contribution in [3.05, 3.63) is 47.5 Å². The summed E-state index contributed by atoms with van der Waals surface area (Å²) in [6, 6.07) is 8.27. The van der Waals surface area contributed by atoms with Crippen molar-refractivity contribution in [1.29, 1.82) is 0 Å². The van der Waals surface area contributed by atoms with Gasteiger partial charge in [0, 0.05) is 6.07 Å². The molecule has 0 aliphatic carbocycles. The molecule has 2 aromatic carbocycles. The molecule has 0 heterocycles. The lowest BCUT2D eigenvalue weighted by Gasteiger charge is -2.14. The van der Waals surface area contributed by atoms with Gasteiger partial charge in [0.1, 0.15) is 0 Å². The van der Waals surface area contributed by atoms with E-state index in [4.69, 9.17) is 14.6 Å². The van der Waals surface area contributed by atoms with Crippen molar-refractivity contribution >= 4 is 21.7 Å². The van der Waals surface area contributed by atoms with E-state index in [1.165, 1.54) is 38.5 Å². The summed E-state index contributed by atoms with van der Waals surface area (Å²) in [5.41, 5.74) is 0.834. The SMILES string of the molecule is COc1cc(C)c(NS(=O)(=O)c2cccc(C(=O)O)c2)cc1OC. The monoisotopic (exact) mass is 351 g/mol. The van der Waals surface area contributed by atoms with Gasteiger partial charge in [0.2, 0.25) is 0 Å². The van der Waals surface area contributed by atoms with E-state index in [-0.39, 0.29) is 10.5 Å². The Bertz CT molecular complexity index is 876. The first-order chi connectivity index (χ1) is 11.3. The quantitative estimate of drug-likeness (QED) is 0.829. The van der Waals surface area contributed by atoms with Crippen LogP contribution in [0.1, 0.15) is 15.9 Å². The molecule has 24 heavy (non-hydrogen) atoms. The van der Waals surface area contributed by atoms with E-state index in [0.29, 0.717) is 22.7 Å². The largest absolute Gasteiger partial charge is 0.493 e. The zero-order chi connectivity index (χ0) is 17.9. The van der Waals surface area contributed by atoms with Gasteiger partial charge in [-0.05, 0) is 36.8 Å². The van der Waals surface area contributed by atoms with Crippen LogP contribution in [0.2, 0.25) is 0 Å². The number of nitrogens with one attached hydrogen (secondary N) is 1. The summed E-state index contributed by atoms with van der Waals surface area (Å²) in [6.45, 7) is 1.72. The van der Waals surface area contributed by atoms with E-state index in [1.54, 1.807) is 13.0 Å². The summed E-state index contributed by atoms with van der Waals surface area (Å²) >= 11 is 0. The minimum absolute atomic E-state index is 0.109. The second-order valence-corrected chi connectivity index (χ2v) is 6.64. The summed E-state index contributed by atoms with van der Waals surface area (Å²) in [6.07, 6.45) is 0. The summed E-state index contributed by atoms with van der Waals surface area (Å²) in [5.74, 6) is -0.347. The summed E-state index contributed by atoms with van der Waals surface area (Å²) in [4.78, 5) is 10.9. The highest BCUT2D eigenvalue weighted by Crippen LogP contribution is 2.33. The average Bonchev–Trinajstić information content (AvgIpc) is 2.56. The number of carboxylic acids is 1. The maximum absolute atomic E-state index is 12.5. The van der Waals surface area contributed by atoms with E-state index in [2.05, 4.69) is 4.72 Å². The molecule has 8 heteroatoms. The highest BCUT2D eigenvalue weighted by atomic mass is 32.2. The van der Waals surface area contributed by atoms with Crippen LogP contribution in [-0.2, 0) is 10.0 Å². The van der Waals surface area contributed by atoms with Gasteiger partial charge in [0.15, 0.2) is 11.5 Å². The van der Waals surface area contributed by atoms with Crippen molar-refractivity contribution in [2.75, 3.05) is 18.9 Å². The Morgan fingerprint density at radius 2 is 1.71 bits per heavy atom. The van der Waals surface area contributed by atoms with Gasteiger partial charge in [-0.1, -0.05) is 6.07 Å². The molecule has 0 radical (unpaired) electrons. The van der Waals surface area contributed by atoms with E-state index in [1.807, 2.05) is 0 Å². The molecule has 0 saturated heterocycles. The van der Waals surface area contributed by atoms with E-state index < -0.39 is 16.0 Å². The lowest BCUT2D eigenvalue weighted by molar-refractivity contribution is 0.0696. The topological polar surface area (TPSA) is 102 Å². The number of methoxy groups -OCH3 is 2. The molecule has 0 aliphatic rings. The van der Waals surface area contributed by atoms with Crippen LogP contribution >= 0.6 is 0 Å². The lowest BCUT2D eigenvalue weighted by Crippen LogP contribution is -2.14. The van der Waals surface area contributed by atoms with Gasteiger partial charge in [0.25, 0.3) is 10.0 Å². The molecule has 0 fully saturated rings. The van der Waals surface area contributed by atoms with Crippen molar-refractivity contribution < 1.29 is 27.8 Å². The molecule has 0 unspecified atom stereocenters. The average molecular weight is 351 g/mol. The molecule has 2 aromatic rings. The third-order valence-electron chi connectivity index (χ3n) is 3.37. The van der Waals surface area contributed by atoms with Crippen LogP contribution in [0.3, 0.4) is 0 Å².